The summed E-state index contributed by atoms with van der Waals surface area (Å²) < 4.78 is 5.30. The van der Waals surface area contributed by atoms with E-state index in [4.69, 9.17) is 4.74 Å². The second-order valence-electron chi connectivity index (χ2n) is 10.3. The number of unbranched alkanes of at least 4 members (excludes halogenated alkanes) is 3. The van der Waals surface area contributed by atoms with Crippen LogP contribution in [0.2, 0.25) is 0 Å². The molecule has 0 saturated heterocycles. The standard InChI is InChI=1S/C28H38N4O5S/c1-6-7-8-9-16-32-25(34)19-12-10-11-18-21(14-13-20(23(18)19)26(32)35)30-31-24(33)22(15-17-38-5)29-27(36)37-28(2,3)4/h10-14,22,30H,6-9,15-17H2,1-5H3,(H,29,36)(H,31,33)/t22-/m0/s1. The van der Waals surface area contributed by atoms with Crippen LogP contribution in [0.4, 0.5) is 10.5 Å². The Labute approximate surface area is 228 Å². The van der Waals surface area contributed by atoms with Crippen LogP contribution in [0.25, 0.3) is 10.8 Å². The summed E-state index contributed by atoms with van der Waals surface area (Å²) in [4.78, 5) is 53.0. The van der Waals surface area contributed by atoms with E-state index in [1.807, 2.05) is 6.26 Å². The number of carbonyl (C=O) groups excluding carboxylic acids is 4. The van der Waals surface area contributed by atoms with Gasteiger partial charge < -0.3 is 10.1 Å². The first kappa shape index (κ1) is 29.3. The number of carbonyl (C=O) groups is 4. The molecule has 0 spiro atoms. The van der Waals surface area contributed by atoms with Gasteiger partial charge in [0.05, 0.1) is 5.69 Å². The minimum Gasteiger partial charge on any atom is -0.444 e. The molecule has 9 nitrogen and oxygen atoms in total. The van der Waals surface area contributed by atoms with Gasteiger partial charge in [-0.1, -0.05) is 38.3 Å². The first-order valence-electron chi connectivity index (χ1n) is 13.0. The molecular formula is C28H38N4O5S. The number of alkyl carbamates (subject to hydrolysis) is 1. The molecule has 0 radical (unpaired) electrons. The van der Waals surface area contributed by atoms with Crippen LogP contribution in [0.15, 0.2) is 30.3 Å². The second kappa shape index (κ2) is 13.0. The van der Waals surface area contributed by atoms with Crippen molar-refractivity contribution in [2.75, 3.05) is 24.0 Å². The third kappa shape index (κ3) is 7.18. The van der Waals surface area contributed by atoms with Gasteiger partial charge in [-0.05, 0) is 63.8 Å². The van der Waals surface area contributed by atoms with Gasteiger partial charge in [-0.2, -0.15) is 11.8 Å². The summed E-state index contributed by atoms with van der Waals surface area (Å²) >= 11 is 1.56. The van der Waals surface area contributed by atoms with Crippen LogP contribution in [0, 0.1) is 0 Å². The Hall–Kier alpha value is -3.27. The maximum absolute atomic E-state index is 13.2. The van der Waals surface area contributed by atoms with Gasteiger partial charge in [0.2, 0.25) is 0 Å². The van der Waals surface area contributed by atoms with Crippen LogP contribution in [-0.4, -0.2) is 58.9 Å². The first-order chi connectivity index (χ1) is 18.1. The second-order valence-corrected chi connectivity index (χ2v) is 11.3. The number of benzene rings is 2. The number of hydrogen-bond donors (Lipinski definition) is 3. The van der Waals surface area contributed by atoms with Gasteiger partial charge in [-0.25, -0.2) is 4.79 Å². The summed E-state index contributed by atoms with van der Waals surface area (Å²) in [6, 6.07) is 7.88. The van der Waals surface area contributed by atoms with Crippen molar-refractivity contribution in [1.29, 1.82) is 0 Å². The van der Waals surface area contributed by atoms with E-state index in [0.29, 0.717) is 46.3 Å². The lowest BCUT2D eigenvalue weighted by atomic mass is 9.93. The molecule has 206 valence electrons. The summed E-state index contributed by atoms with van der Waals surface area (Å²) in [5, 5.41) is 3.85. The predicted molar refractivity (Wildman–Crippen MR) is 151 cm³/mol. The van der Waals surface area contributed by atoms with E-state index in [0.717, 1.165) is 25.7 Å². The highest BCUT2D eigenvalue weighted by molar-refractivity contribution is 7.98. The quantitative estimate of drug-likeness (QED) is 0.194. The number of amides is 4. The minimum atomic E-state index is -0.811. The number of ether oxygens (including phenoxy) is 1. The van der Waals surface area contributed by atoms with Crippen LogP contribution < -0.4 is 16.2 Å². The topological polar surface area (TPSA) is 117 Å². The number of hydrazine groups is 1. The molecule has 1 heterocycles. The predicted octanol–water partition coefficient (Wildman–Crippen LogP) is 5.11. The van der Waals surface area contributed by atoms with Crippen LogP contribution >= 0.6 is 11.8 Å². The van der Waals surface area contributed by atoms with E-state index in [1.165, 1.54) is 4.90 Å². The number of hydrogen-bond acceptors (Lipinski definition) is 7. The van der Waals surface area contributed by atoms with E-state index >= 15 is 0 Å². The Kier molecular flexibility index (Phi) is 10.0. The van der Waals surface area contributed by atoms with Gasteiger partial charge in [-0.3, -0.25) is 30.1 Å². The first-order valence-corrected chi connectivity index (χ1v) is 14.4. The van der Waals surface area contributed by atoms with Crippen molar-refractivity contribution in [3.63, 3.8) is 0 Å². The van der Waals surface area contributed by atoms with Crippen molar-refractivity contribution in [1.82, 2.24) is 15.6 Å². The van der Waals surface area contributed by atoms with E-state index in [1.54, 1.807) is 62.9 Å². The molecule has 0 aliphatic carbocycles. The summed E-state index contributed by atoms with van der Waals surface area (Å²) in [7, 11) is 0. The fourth-order valence-corrected chi connectivity index (χ4v) is 4.80. The fourth-order valence-electron chi connectivity index (χ4n) is 4.33. The normalized spacial score (nSPS) is 13.9. The highest BCUT2D eigenvalue weighted by Gasteiger charge is 2.33. The number of rotatable bonds is 12. The van der Waals surface area contributed by atoms with Crippen molar-refractivity contribution in [2.24, 2.45) is 0 Å². The number of nitrogens with one attached hydrogen (secondary N) is 3. The molecule has 0 unspecified atom stereocenters. The molecular weight excluding hydrogens is 504 g/mol. The van der Waals surface area contributed by atoms with Crippen LogP contribution in [0.3, 0.4) is 0 Å². The van der Waals surface area contributed by atoms with Crippen molar-refractivity contribution in [3.05, 3.63) is 41.5 Å². The zero-order valence-electron chi connectivity index (χ0n) is 22.8. The largest absolute Gasteiger partial charge is 0.444 e. The molecule has 3 N–H and O–H groups in total. The third-order valence-corrected chi connectivity index (χ3v) is 6.81. The Morgan fingerprint density at radius 3 is 2.39 bits per heavy atom. The lowest BCUT2D eigenvalue weighted by Crippen LogP contribution is -2.49. The molecule has 0 bridgehead atoms. The van der Waals surface area contributed by atoms with Gasteiger partial charge in [0, 0.05) is 28.4 Å². The molecule has 4 amide bonds. The number of anilines is 1. The molecule has 3 rings (SSSR count). The van der Waals surface area contributed by atoms with Crippen LogP contribution in [0.5, 0.6) is 0 Å². The van der Waals surface area contributed by atoms with Crippen LogP contribution in [-0.2, 0) is 9.53 Å². The summed E-state index contributed by atoms with van der Waals surface area (Å²) in [6.07, 6.45) is 5.54. The Balaban J connectivity index is 1.78. The molecule has 38 heavy (non-hydrogen) atoms. The SMILES string of the molecule is CCCCCCN1C(=O)c2cccc3c(NNC(=O)[C@H](CCSC)NC(=O)OC(C)(C)C)ccc(c23)C1=O. The molecule has 2 aromatic rings. The molecule has 1 aliphatic heterocycles. The minimum absolute atomic E-state index is 0.301. The van der Waals surface area contributed by atoms with E-state index in [2.05, 4.69) is 23.1 Å². The monoisotopic (exact) mass is 542 g/mol. The third-order valence-electron chi connectivity index (χ3n) is 6.17. The van der Waals surface area contributed by atoms with Gasteiger partial charge >= 0.3 is 6.09 Å². The summed E-state index contributed by atoms with van der Waals surface area (Å²) in [5.74, 6) is -0.377. The Morgan fingerprint density at radius 1 is 1.03 bits per heavy atom. The molecule has 10 heteroatoms. The zero-order chi connectivity index (χ0) is 27.9. The molecule has 0 saturated carbocycles. The van der Waals surface area contributed by atoms with Gasteiger partial charge in [-0.15, -0.1) is 0 Å². The maximum atomic E-state index is 13.2. The highest BCUT2D eigenvalue weighted by Crippen LogP contribution is 2.34. The Morgan fingerprint density at radius 2 is 1.74 bits per heavy atom. The lowest BCUT2D eigenvalue weighted by Gasteiger charge is -2.28. The molecule has 1 aliphatic rings. The van der Waals surface area contributed by atoms with E-state index in [-0.39, 0.29) is 11.8 Å². The van der Waals surface area contributed by atoms with Gasteiger partial charge in [0.25, 0.3) is 17.7 Å². The molecule has 0 aromatic heterocycles. The van der Waals surface area contributed by atoms with Crippen molar-refractivity contribution in [3.8, 4) is 0 Å². The average Bonchev–Trinajstić information content (AvgIpc) is 2.86. The van der Waals surface area contributed by atoms with Crippen molar-refractivity contribution < 1.29 is 23.9 Å². The average molecular weight is 543 g/mol. The summed E-state index contributed by atoms with van der Waals surface area (Å²) in [6.45, 7) is 7.77. The zero-order valence-corrected chi connectivity index (χ0v) is 23.6. The Bertz CT molecular complexity index is 1170. The lowest BCUT2D eigenvalue weighted by molar-refractivity contribution is -0.122. The number of nitrogens with zero attached hydrogens (tertiary/aromatic N) is 1. The van der Waals surface area contributed by atoms with E-state index < -0.39 is 23.6 Å². The number of thioether (sulfide) groups is 1. The van der Waals surface area contributed by atoms with Gasteiger partial charge in [0.15, 0.2) is 0 Å². The molecule has 2 aromatic carbocycles. The maximum Gasteiger partial charge on any atom is 0.408 e. The fraction of sp³-hybridized carbons (Fsp3) is 0.500. The molecule has 0 fully saturated rings. The smallest absolute Gasteiger partial charge is 0.408 e. The van der Waals surface area contributed by atoms with Crippen molar-refractivity contribution >= 4 is 52.0 Å². The van der Waals surface area contributed by atoms with Crippen LogP contribution in [0.1, 0.15) is 80.5 Å². The van der Waals surface area contributed by atoms with E-state index in [9.17, 15) is 19.2 Å². The highest BCUT2D eigenvalue weighted by atomic mass is 32.2. The van der Waals surface area contributed by atoms with Crippen molar-refractivity contribution in [2.45, 2.75) is 71.4 Å². The molecule has 1 atom stereocenters. The van der Waals surface area contributed by atoms with Gasteiger partial charge in [0.1, 0.15) is 11.6 Å². The summed E-state index contributed by atoms with van der Waals surface area (Å²) in [5.41, 5.74) is 6.37. The number of imide groups is 1.